The first-order valence-corrected chi connectivity index (χ1v) is 11.7. The molecule has 172 valence electrons. The van der Waals surface area contributed by atoms with E-state index in [4.69, 9.17) is 4.98 Å². The van der Waals surface area contributed by atoms with Crippen molar-refractivity contribution in [2.45, 2.75) is 39.4 Å². The number of hydrogen-bond acceptors (Lipinski definition) is 3. The van der Waals surface area contributed by atoms with Crippen molar-refractivity contribution in [1.29, 1.82) is 0 Å². The van der Waals surface area contributed by atoms with Gasteiger partial charge in [-0.25, -0.2) is 9.37 Å². The Morgan fingerprint density at radius 2 is 1.59 bits per heavy atom. The van der Waals surface area contributed by atoms with Crippen LogP contribution in [0.3, 0.4) is 0 Å². The van der Waals surface area contributed by atoms with Crippen LogP contribution in [0, 0.1) is 19.7 Å². The van der Waals surface area contributed by atoms with E-state index in [9.17, 15) is 9.18 Å². The molecule has 0 spiro atoms. The summed E-state index contributed by atoms with van der Waals surface area (Å²) in [5.41, 5.74) is 5.32. The topological polar surface area (TPSA) is 38.1 Å². The number of fused-ring (bicyclic) bond motifs is 1. The molecule has 0 saturated heterocycles. The van der Waals surface area contributed by atoms with Crippen LogP contribution in [0.2, 0.25) is 0 Å². The van der Waals surface area contributed by atoms with Crippen molar-refractivity contribution in [1.82, 2.24) is 14.5 Å². The van der Waals surface area contributed by atoms with Crippen LogP contribution in [-0.2, 0) is 19.5 Å². The second-order valence-electron chi connectivity index (χ2n) is 9.04. The number of nitrogens with zero attached hydrogens (tertiary/aromatic N) is 3. The van der Waals surface area contributed by atoms with Gasteiger partial charge in [-0.3, -0.25) is 14.3 Å². The van der Waals surface area contributed by atoms with E-state index >= 15 is 0 Å². The maximum atomic E-state index is 14.4. The Hall–Kier alpha value is -3.57. The van der Waals surface area contributed by atoms with Crippen molar-refractivity contribution in [2.75, 3.05) is 6.54 Å². The first kappa shape index (κ1) is 22.2. The molecule has 0 saturated carbocycles. The van der Waals surface area contributed by atoms with Crippen LogP contribution >= 0.6 is 0 Å². The number of aromatic nitrogens is 2. The van der Waals surface area contributed by atoms with Gasteiger partial charge < -0.3 is 0 Å². The Balaban J connectivity index is 1.56. The van der Waals surface area contributed by atoms with Gasteiger partial charge in [0, 0.05) is 31.6 Å². The predicted octanol–water partition coefficient (Wildman–Crippen LogP) is 5.20. The maximum Gasteiger partial charge on any atom is 0.259 e. The van der Waals surface area contributed by atoms with Crippen LogP contribution in [0.25, 0.3) is 0 Å². The lowest BCUT2D eigenvalue weighted by Crippen LogP contribution is -2.40. The minimum atomic E-state index is -0.266. The van der Waals surface area contributed by atoms with Crippen LogP contribution in [0.1, 0.15) is 45.4 Å². The van der Waals surface area contributed by atoms with E-state index in [1.807, 2.05) is 60.9 Å². The Labute approximate surface area is 199 Å². The van der Waals surface area contributed by atoms with Crippen molar-refractivity contribution in [3.8, 4) is 0 Å². The third kappa shape index (κ3) is 4.31. The Morgan fingerprint density at radius 3 is 2.24 bits per heavy atom. The lowest BCUT2D eigenvalue weighted by Gasteiger charge is -2.30. The van der Waals surface area contributed by atoms with Crippen LogP contribution in [0.4, 0.5) is 4.39 Å². The first-order chi connectivity index (χ1) is 16.5. The molecule has 0 amide bonds. The molecule has 0 radical (unpaired) electrons. The molecule has 1 aromatic heterocycles. The quantitative estimate of drug-likeness (QED) is 0.417. The van der Waals surface area contributed by atoms with E-state index in [1.54, 1.807) is 6.07 Å². The highest BCUT2D eigenvalue weighted by Gasteiger charge is 2.27. The van der Waals surface area contributed by atoms with Crippen molar-refractivity contribution in [3.63, 3.8) is 0 Å². The van der Waals surface area contributed by atoms with Gasteiger partial charge in [0.2, 0.25) is 0 Å². The molecule has 0 bridgehead atoms. The fraction of sp³-hybridized carbons (Fsp3) is 0.241. The largest absolute Gasteiger partial charge is 0.294 e. The highest BCUT2D eigenvalue weighted by Crippen LogP contribution is 2.28. The molecule has 3 aromatic carbocycles. The highest BCUT2D eigenvalue weighted by molar-refractivity contribution is 5.35. The highest BCUT2D eigenvalue weighted by atomic mass is 19.1. The first-order valence-electron chi connectivity index (χ1n) is 11.7. The number of rotatable bonds is 5. The molecule has 1 aliphatic heterocycles. The lowest BCUT2D eigenvalue weighted by molar-refractivity contribution is 0.237. The molecule has 0 fully saturated rings. The van der Waals surface area contributed by atoms with Gasteiger partial charge >= 0.3 is 0 Å². The third-order valence-electron chi connectivity index (χ3n) is 6.60. The minimum absolute atomic E-state index is 0.0189. The molecule has 4 nitrogen and oxygen atoms in total. The van der Waals surface area contributed by atoms with Crippen LogP contribution in [0.15, 0.2) is 83.7 Å². The van der Waals surface area contributed by atoms with Crippen LogP contribution in [-0.4, -0.2) is 21.0 Å². The Kier molecular flexibility index (Phi) is 6.12. The third-order valence-corrected chi connectivity index (χ3v) is 6.60. The van der Waals surface area contributed by atoms with E-state index in [2.05, 4.69) is 29.2 Å². The predicted molar refractivity (Wildman–Crippen MR) is 132 cm³/mol. The van der Waals surface area contributed by atoms with E-state index in [1.165, 1.54) is 6.07 Å². The summed E-state index contributed by atoms with van der Waals surface area (Å²) >= 11 is 0. The van der Waals surface area contributed by atoms with Gasteiger partial charge in [-0.1, -0.05) is 78.4 Å². The number of benzene rings is 3. The van der Waals surface area contributed by atoms with Gasteiger partial charge in [0.05, 0.1) is 17.3 Å². The molecule has 5 heteroatoms. The van der Waals surface area contributed by atoms with Gasteiger partial charge in [-0.2, -0.15) is 0 Å². The number of aryl methyl sites for hydroxylation is 2. The second kappa shape index (κ2) is 9.35. The molecule has 1 aliphatic rings. The standard InChI is InChI=1S/C29H28FN3O/c1-20-13-14-26(30)24(17-20)18-32-16-15-27-25(19-32)29(34)33(21(2)31-27)28(22-9-5-3-6-10-22)23-11-7-4-8-12-23/h3-14,17,28H,15-16,18-19H2,1-2H3. The number of hydrogen-bond donors (Lipinski definition) is 0. The van der Waals surface area contributed by atoms with Crippen molar-refractivity contribution in [3.05, 3.63) is 134 Å². The summed E-state index contributed by atoms with van der Waals surface area (Å²) in [6.45, 7) is 5.56. The van der Waals surface area contributed by atoms with E-state index in [0.29, 0.717) is 36.5 Å². The summed E-state index contributed by atoms with van der Waals surface area (Å²) in [4.78, 5) is 21.0. The Morgan fingerprint density at radius 1 is 0.941 bits per heavy atom. The zero-order valence-electron chi connectivity index (χ0n) is 19.5. The second-order valence-corrected chi connectivity index (χ2v) is 9.04. The van der Waals surface area contributed by atoms with E-state index in [0.717, 1.165) is 28.9 Å². The van der Waals surface area contributed by atoms with Crippen molar-refractivity contribution in [2.24, 2.45) is 0 Å². The molecule has 0 N–H and O–H groups in total. The summed E-state index contributed by atoms with van der Waals surface area (Å²) < 4.78 is 16.2. The zero-order valence-corrected chi connectivity index (χ0v) is 19.5. The molecule has 0 aliphatic carbocycles. The summed E-state index contributed by atoms with van der Waals surface area (Å²) in [7, 11) is 0. The Bertz CT molecular complexity index is 1330. The van der Waals surface area contributed by atoms with Crippen molar-refractivity contribution < 1.29 is 4.39 Å². The van der Waals surface area contributed by atoms with Crippen molar-refractivity contribution >= 4 is 0 Å². The monoisotopic (exact) mass is 453 g/mol. The molecule has 34 heavy (non-hydrogen) atoms. The van der Waals surface area contributed by atoms with E-state index in [-0.39, 0.29) is 17.4 Å². The molecule has 0 atom stereocenters. The number of halogens is 1. The van der Waals surface area contributed by atoms with Crippen LogP contribution < -0.4 is 5.56 Å². The van der Waals surface area contributed by atoms with Gasteiger partial charge in [0.15, 0.2) is 0 Å². The summed E-state index contributed by atoms with van der Waals surface area (Å²) in [6, 6.07) is 25.1. The fourth-order valence-electron chi connectivity index (χ4n) is 4.93. The molecular formula is C29H28FN3O. The minimum Gasteiger partial charge on any atom is -0.294 e. The molecular weight excluding hydrogens is 425 g/mol. The fourth-order valence-corrected chi connectivity index (χ4v) is 4.93. The smallest absolute Gasteiger partial charge is 0.259 e. The van der Waals surface area contributed by atoms with E-state index < -0.39 is 0 Å². The molecule has 0 unspecified atom stereocenters. The van der Waals surface area contributed by atoms with Gasteiger partial charge in [-0.15, -0.1) is 0 Å². The van der Waals surface area contributed by atoms with Gasteiger partial charge in [0.1, 0.15) is 11.6 Å². The van der Waals surface area contributed by atoms with Gasteiger partial charge in [0.25, 0.3) is 5.56 Å². The average Bonchev–Trinajstić information content (AvgIpc) is 2.85. The summed E-state index contributed by atoms with van der Waals surface area (Å²) in [5.74, 6) is 0.503. The lowest BCUT2D eigenvalue weighted by atomic mass is 9.97. The van der Waals surface area contributed by atoms with Crippen LogP contribution in [0.5, 0.6) is 0 Å². The maximum absolute atomic E-state index is 14.4. The summed E-state index contributed by atoms with van der Waals surface area (Å²) in [6.07, 6.45) is 0.682. The summed E-state index contributed by atoms with van der Waals surface area (Å²) in [5, 5.41) is 0. The molecule has 5 rings (SSSR count). The van der Waals surface area contributed by atoms with Gasteiger partial charge in [-0.05, 0) is 31.0 Å². The SMILES string of the molecule is Cc1ccc(F)c(CN2CCc3nc(C)n(C(c4ccccc4)c4ccccc4)c(=O)c3C2)c1. The normalized spacial score (nSPS) is 13.8. The zero-order chi connectivity index (χ0) is 23.7. The molecule has 4 aromatic rings. The molecule has 2 heterocycles. The average molecular weight is 454 g/mol.